The zero-order valence-electron chi connectivity index (χ0n) is 17.8. The highest BCUT2D eigenvalue weighted by Crippen LogP contribution is 2.32. The lowest BCUT2D eigenvalue weighted by Gasteiger charge is -2.25. The maximum absolute atomic E-state index is 13.9. The Morgan fingerprint density at radius 3 is 1.69 bits per heavy atom. The minimum Gasteiger partial charge on any atom is -0.449 e. The third kappa shape index (κ3) is 12.0. The quantitative estimate of drug-likeness (QED) is 0.229. The predicted octanol–water partition coefficient (Wildman–Crippen LogP) is 4.33. The summed E-state index contributed by atoms with van der Waals surface area (Å²) >= 11 is 4.48. The Morgan fingerprint density at radius 2 is 1.33 bits per heavy atom. The largest absolute Gasteiger partial charge is 0.449 e. The summed E-state index contributed by atoms with van der Waals surface area (Å²) in [4.78, 5) is 43.3. The molecule has 0 aliphatic heterocycles. The molecule has 0 bridgehead atoms. The Kier molecular flexibility index (Phi) is 11.6. The molecular formula is C18H14ClF10NO6. The number of halogens is 11. The molecule has 0 aliphatic carbocycles. The zero-order valence-corrected chi connectivity index (χ0v) is 18.5. The predicted molar refractivity (Wildman–Crippen MR) is 97.5 cm³/mol. The number of amides is 1. The van der Waals surface area contributed by atoms with Crippen LogP contribution in [0.3, 0.4) is 0 Å². The average Bonchev–Trinajstić information content (AvgIpc) is 2.72. The molecule has 0 heterocycles. The van der Waals surface area contributed by atoms with Crippen LogP contribution < -0.4 is 0 Å². The minimum absolute atomic E-state index is 0.214. The van der Waals surface area contributed by atoms with Gasteiger partial charge in [0.1, 0.15) is 5.82 Å². The molecule has 0 radical (unpaired) electrons. The molecule has 7 nitrogen and oxygen atoms in total. The fourth-order valence-electron chi connectivity index (χ4n) is 1.98. The second kappa shape index (κ2) is 12.7. The molecule has 0 spiro atoms. The van der Waals surface area contributed by atoms with Crippen molar-refractivity contribution in [1.29, 1.82) is 0 Å². The lowest BCUT2D eigenvalue weighted by molar-refractivity contribution is -0.189. The standard InChI is InChI=1S/C14H12F7NO3.C4H2ClF3O3/c1-7(9-4-3-8(5-10(9)15)14(19,20)21)22(2)11(23)12(24)25-6-13(16,17)18;5-2(9)3(10)11-1-4(6,7)8/h3-5,7H,6H2,1-2H3;1H2. The van der Waals surface area contributed by atoms with Gasteiger partial charge in [-0.15, -0.1) is 0 Å². The number of likely N-dealkylation sites (N-methyl/N-ethyl adjacent to an activating group) is 1. The lowest BCUT2D eigenvalue weighted by Crippen LogP contribution is -2.38. The van der Waals surface area contributed by atoms with Gasteiger partial charge in [0.15, 0.2) is 13.2 Å². The Balaban J connectivity index is 0.000000935. The Morgan fingerprint density at radius 1 is 0.889 bits per heavy atom. The molecule has 0 saturated heterocycles. The second-order valence-corrected chi connectivity index (χ2v) is 6.83. The summed E-state index contributed by atoms with van der Waals surface area (Å²) in [5, 5.41) is -1.57. The van der Waals surface area contributed by atoms with Gasteiger partial charge < -0.3 is 14.4 Å². The molecule has 0 aromatic heterocycles. The first-order chi connectivity index (χ1) is 16.1. The van der Waals surface area contributed by atoms with Gasteiger partial charge in [-0.2, -0.15) is 39.5 Å². The van der Waals surface area contributed by atoms with E-state index in [1.54, 1.807) is 0 Å². The molecule has 1 aromatic carbocycles. The van der Waals surface area contributed by atoms with Crippen LogP contribution in [0.4, 0.5) is 43.9 Å². The number of esters is 2. The summed E-state index contributed by atoms with van der Waals surface area (Å²) in [6, 6.07) is 0.336. The third-order valence-corrected chi connectivity index (χ3v) is 3.90. The molecule has 1 unspecified atom stereocenters. The van der Waals surface area contributed by atoms with Gasteiger partial charge in [-0.1, -0.05) is 6.07 Å². The van der Waals surface area contributed by atoms with Crippen molar-refractivity contribution in [2.45, 2.75) is 31.5 Å². The van der Waals surface area contributed by atoms with Gasteiger partial charge in [0, 0.05) is 12.6 Å². The molecule has 36 heavy (non-hydrogen) atoms. The number of carbonyl (C=O) groups excluding carboxylic acids is 4. The van der Waals surface area contributed by atoms with Crippen LogP contribution in [0.2, 0.25) is 0 Å². The van der Waals surface area contributed by atoms with Gasteiger partial charge in [0.2, 0.25) is 0 Å². The van der Waals surface area contributed by atoms with E-state index in [0.717, 1.165) is 13.1 Å². The Hall–Kier alpha value is -3.11. The molecular weight excluding hydrogens is 552 g/mol. The van der Waals surface area contributed by atoms with Gasteiger partial charge >= 0.3 is 41.6 Å². The Bertz CT molecular complexity index is 961. The normalized spacial score (nSPS) is 12.6. The topological polar surface area (TPSA) is 90.0 Å². The number of hydrogen-bond donors (Lipinski definition) is 0. The molecule has 18 heteroatoms. The van der Waals surface area contributed by atoms with E-state index in [-0.39, 0.29) is 11.6 Å². The molecule has 1 amide bonds. The van der Waals surface area contributed by atoms with E-state index < -0.39 is 72.3 Å². The number of nitrogens with zero attached hydrogens (tertiary/aromatic N) is 1. The summed E-state index contributed by atoms with van der Waals surface area (Å²) in [5.41, 5.74) is -1.60. The molecule has 0 aliphatic rings. The molecule has 1 aromatic rings. The van der Waals surface area contributed by atoms with Gasteiger partial charge in [-0.05, 0) is 30.7 Å². The van der Waals surface area contributed by atoms with E-state index in [9.17, 15) is 63.1 Å². The van der Waals surface area contributed by atoms with E-state index in [4.69, 9.17) is 0 Å². The van der Waals surface area contributed by atoms with Crippen LogP contribution in [0.15, 0.2) is 18.2 Å². The summed E-state index contributed by atoms with van der Waals surface area (Å²) in [7, 11) is 0.971. The molecule has 1 rings (SSSR count). The van der Waals surface area contributed by atoms with Gasteiger partial charge in [0.25, 0.3) is 0 Å². The van der Waals surface area contributed by atoms with Crippen molar-refractivity contribution >= 4 is 34.7 Å². The summed E-state index contributed by atoms with van der Waals surface area (Å²) < 4.78 is 128. The van der Waals surface area contributed by atoms with Crippen molar-refractivity contribution in [2.75, 3.05) is 20.3 Å². The maximum Gasteiger partial charge on any atom is 0.422 e. The third-order valence-electron chi connectivity index (χ3n) is 3.75. The monoisotopic (exact) mass is 565 g/mol. The van der Waals surface area contributed by atoms with Crippen molar-refractivity contribution in [3.05, 3.63) is 35.1 Å². The molecule has 0 N–H and O–H groups in total. The fourth-order valence-corrected chi connectivity index (χ4v) is 2.04. The van der Waals surface area contributed by atoms with Crippen LogP contribution in [0, 0.1) is 5.82 Å². The zero-order chi connectivity index (χ0) is 28.6. The fraction of sp³-hybridized carbons (Fsp3) is 0.444. The highest BCUT2D eigenvalue weighted by atomic mass is 35.5. The number of benzene rings is 1. The van der Waals surface area contributed by atoms with Crippen molar-refractivity contribution in [3.8, 4) is 0 Å². The minimum atomic E-state index is -4.83. The molecule has 204 valence electrons. The SMILES string of the molecule is CC(c1ccc(C(F)(F)F)cc1F)N(C)C(=O)C(=O)OCC(F)(F)F.O=C(Cl)C(=O)OCC(F)(F)F. The summed E-state index contributed by atoms with van der Waals surface area (Å²) in [6.07, 6.45) is -14.2. The van der Waals surface area contributed by atoms with E-state index in [1.807, 2.05) is 0 Å². The number of ether oxygens (including phenoxy) is 2. The number of hydrogen-bond acceptors (Lipinski definition) is 6. The van der Waals surface area contributed by atoms with Crippen molar-refractivity contribution in [2.24, 2.45) is 0 Å². The Labute approximate surface area is 199 Å². The first-order valence-corrected chi connectivity index (χ1v) is 9.25. The number of rotatable bonds is 5. The van der Waals surface area contributed by atoms with Crippen LogP contribution in [-0.2, 0) is 34.8 Å². The van der Waals surface area contributed by atoms with Crippen LogP contribution in [-0.4, -0.2) is 60.6 Å². The van der Waals surface area contributed by atoms with Crippen LogP contribution >= 0.6 is 11.6 Å². The van der Waals surface area contributed by atoms with Gasteiger partial charge in [-0.25, -0.2) is 14.0 Å². The van der Waals surface area contributed by atoms with E-state index >= 15 is 0 Å². The highest BCUT2D eigenvalue weighted by Gasteiger charge is 2.35. The van der Waals surface area contributed by atoms with E-state index in [1.165, 1.54) is 6.92 Å². The van der Waals surface area contributed by atoms with E-state index in [2.05, 4.69) is 21.1 Å². The first-order valence-electron chi connectivity index (χ1n) is 8.87. The van der Waals surface area contributed by atoms with Crippen LogP contribution in [0.5, 0.6) is 0 Å². The van der Waals surface area contributed by atoms with Crippen molar-refractivity contribution < 1.29 is 72.6 Å². The lowest BCUT2D eigenvalue weighted by atomic mass is 10.0. The van der Waals surface area contributed by atoms with Gasteiger partial charge in [-0.3, -0.25) is 9.59 Å². The highest BCUT2D eigenvalue weighted by molar-refractivity contribution is 6.80. The van der Waals surface area contributed by atoms with Crippen LogP contribution in [0.1, 0.15) is 24.1 Å². The molecule has 0 saturated carbocycles. The van der Waals surface area contributed by atoms with E-state index in [0.29, 0.717) is 11.0 Å². The molecule has 1 atom stereocenters. The van der Waals surface area contributed by atoms with Crippen molar-refractivity contribution in [3.63, 3.8) is 0 Å². The summed E-state index contributed by atoms with van der Waals surface area (Å²) in [5.74, 6) is -6.32. The molecule has 0 fully saturated rings. The number of carbonyl (C=O) groups is 4. The van der Waals surface area contributed by atoms with Gasteiger partial charge in [0.05, 0.1) is 11.6 Å². The van der Waals surface area contributed by atoms with Crippen molar-refractivity contribution in [1.82, 2.24) is 4.90 Å². The van der Waals surface area contributed by atoms with Crippen LogP contribution in [0.25, 0.3) is 0 Å². The summed E-state index contributed by atoms with van der Waals surface area (Å²) in [6.45, 7) is -2.60. The maximum atomic E-state index is 13.9. The first kappa shape index (κ1) is 32.9. The second-order valence-electron chi connectivity index (χ2n) is 6.48. The average molecular weight is 566 g/mol. The smallest absolute Gasteiger partial charge is 0.422 e. The number of alkyl halides is 9.